The SMILES string of the molecule is CCC1OC(O[C@@H]2CO[C@@H](OC)C(C)C2C)C(C)[C@@H](C)[C@@H]1C. The first-order chi connectivity index (χ1) is 10.4. The zero-order valence-electron chi connectivity index (χ0n) is 15.2. The van der Waals surface area contributed by atoms with E-state index in [1.165, 1.54) is 0 Å². The maximum absolute atomic E-state index is 6.37. The molecular formula is C18H34O4. The molecule has 2 aliphatic rings. The Labute approximate surface area is 135 Å². The summed E-state index contributed by atoms with van der Waals surface area (Å²) in [4.78, 5) is 0. The van der Waals surface area contributed by atoms with Crippen molar-refractivity contribution in [3.05, 3.63) is 0 Å². The standard InChI is InChI=1S/C18H34O4/c1-8-15-11(3)10(2)13(5)18(21-15)22-16-9-20-17(19-7)14(6)12(16)4/h10-18H,8-9H2,1-7H3/t10-,11-,12?,13?,14?,15?,16+,17+,18?/m0/s1. The van der Waals surface area contributed by atoms with Gasteiger partial charge in [-0.05, 0) is 24.2 Å². The minimum atomic E-state index is -0.126. The largest absolute Gasteiger partial charge is 0.356 e. The highest BCUT2D eigenvalue weighted by atomic mass is 16.7. The van der Waals surface area contributed by atoms with Crippen molar-refractivity contribution in [3.63, 3.8) is 0 Å². The van der Waals surface area contributed by atoms with Crippen molar-refractivity contribution in [1.29, 1.82) is 0 Å². The van der Waals surface area contributed by atoms with Crippen LogP contribution in [-0.4, -0.2) is 38.5 Å². The molecule has 2 fully saturated rings. The molecule has 0 saturated carbocycles. The molecule has 0 aliphatic carbocycles. The van der Waals surface area contributed by atoms with E-state index in [2.05, 4.69) is 41.5 Å². The van der Waals surface area contributed by atoms with Crippen LogP contribution in [0.25, 0.3) is 0 Å². The molecule has 2 saturated heterocycles. The maximum Gasteiger partial charge on any atom is 0.161 e. The lowest BCUT2D eigenvalue weighted by Crippen LogP contribution is -2.51. The van der Waals surface area contributed by atoms with Gasteiger partial charge in [-0.1, -0.05) is 41.5 Å². The van der Waals surface area contributed by atoms with Crippen LogP contribution >= 0.6 is 0 Å². The molecular weight excluding hydrogens is 280 g/mol. The van der Waals surface area contributed by atoms with Gasteiger partial charge in [0.05, 0.1) is 18.8 Å². The van der Waals surface area contributed by atoms with Crippen LogP contribution in [0.4, 0.5) is 0 Å². The molecule has 4 heteroatoms. The summed E-state index contributed by atoms with van der Waals surface area (Å²) in [6.07, 6.45) is 1.16. The zero-order chi connectivity index (χ0) is 16.4. The highest BCUT2D eigenvalue weighted by Crippen LogP contribution is 2.38. The third-order valence-corrected chi connectivity index (χ3v) is 6.20. The third kappa shape index (κ3) is 3.50. The van der Waals surface area contributed by atoms with Gasteiger partial charge in [0.15, 0.2) is 12.6 Å². The predicted octanol–water partition coefficient (Wildman–Crippen LogP) is 3.69. The Kier molecular flexibility index (Phi) is 6.29. The lowest BCUT2D eigenvalue weighted by atomic mass is 9.78. The minimum absolute atomic E-state index is 0.0759. The fraction of sp³-hybridized carbons (Fsp3) is 1.00. The van der Waals surface area contributed by atoms with Crippen molar-refractivity contribution >= 4 is 0 Å². The molecule has 0 aromatic carbocycles. The summed E-state index contributed by atoms with van der Waals surface area (Å²) in [6, 6.07) is 0. The Morgan fingerprint density at radius 1 is 0.864 bits per heavy atom. The monoisotopic (exact) mass is 314 g/mol. The average Bonchev–Trinajstić information content (AvgIpc) is 2.52. The van der Waals surface area contributed by atoms with E-state index in [1.54, 1.807) is 7.11 Å². The molecule has 0 amide bonds. The molecule has 22 heavy (non-hydrogen) atoms. The average molecular weight is 314 g/mol. The summed E-state index contributed by atoms with van der Waals surface area (Å²) in [6.45, 7) is 14.0. The molecule has 2 heterocycles. The normalized spacial score (nSPS) is 50.0. The van der Waals surface area contributed by atoms with E-state index in [4.69, 9.17) is 18.9 Å². The number of methoxy groups -OCH3 is 1. The number of ether oxygens (including phenoxy) is 4. The van der Waals surface area contributed by atoms with Gasteiger partial charge in [0.2, 0.25) is 0 Å². The first-order valence-corrected chi connectivity index (χ1v) is 8.85. The smallest absolute Gasteiger partial charge is 0.161 e. The molecule has 0 aromatic rings. The Balaban J connectivity index is 2.00. The van der Waals surface area contributed by atoms with Crippen LogP contribution < -0.4 is 0 Å². The lowest BCUT2D eigenvalue weighted by molar-refractivity contribution is -0.302. The van der Waals surface area contributed by atoms with E-state index in [0.29, 0.717) is 42.3 Å². The molecule has 4 nitrogen and oxygen atoms in total. The summed E-state index contributed by atoms with van der Waals surface area (Å²) < 4.78 is 23.8. The number of hydrogen-bond donors (Lipinski definition) is 0. The van der Waals surface area contributed by atoms with E-state index in [9.17, 15) is 0 Å². The molecule has 0 spiro atoms. The van der Waals surface area contributed by atoms with Gasteiger partial charge in [-0.2, -0.15) is 0 Å². The van der Waals surface area contributed by atoms with Crippen LogP contribution in [0.2, 0.25) is 0 Å². The van der Waals surface area contributed by atoms with Crippen molar-refractivity contribution in [2.45, 2.75) is 72.8 Å². The van der Waals surface area contributed by atoms with Crippen LogP contribution in [0.15, 0.2) is 0 Å². The van der Waals surface area contributed by atoms with E-state index in [1.807, 2.05) is 0 Å². The van der Waals surface area contributed by atoms with Crippen molar-refractivity contribution in [2.75, 3.05) is 13.7 Å². The molecule has 9 atom stereocenters. The van der Waals surface area contributed by atoms with Gasteiger partial charge in [0.25, 0.3) is 0 Å². The van der Waals surface area contributed by atoms with Gasteiger partial charge >= 0.3 is 0 Å². The summed E-state index contributed by atoms with van der Waals surface area (Å²) in [5.74, 6) is 2.30. The summed E-state index contributed by atoms with van der Waals surface area (Å²) >= 11 is 0. The first-order valence-electron chi connectivity index (χ1n) is 8.85. The Morgan fingerprint density at radius 3 is 2.09 bits per heavy atom. The fourth-order valence-corrected chi connectivity index (χ4v) is 3.81. The molecule has 0 N–H and O–H groups in total. The Bertz CT molecular complexity index is 346. The number of hydrogen-bond acceptors (Lipinski definition) is 4. The van der Waals surface area contributed by atoms with Gasteiger partial charge in [0.1, 0.15) is 0 Å². The molecule has 0 bridgehead atoms. The Hall–Kier alpha value is -0.160. The van der Waals surface area contributed by atoms with Gasteiger partial charge < -0.3 is 18.9 Å². The second-order valence-corrected chi connectivity index (χ2v) is 7.36. The van der Waals surface area contributed by atoms with Crippen LogP contribution in [0.3, 0.4) is 0 Å². The van der Waals surface area contributed by atoms with Gasteiger partial charge in [-0.3, -0.25) is 0 Å². The van der Waals surface area contributed by atoms with Gasteiger partial charge in [0, 0.05) is 18.9 Å². The lowest BCUT2D eigenvalue weighted by Gasteiger charge is -2.46. The topological polar surface area (TPSA) is 36.9 Å². The van der Waals surface area contributed by atoms with E-state index < -0.39 is 0 Å². The first kappa shape index (κ1) is 18.2. The van der Waals surface area contributed by atoms with Crippen molar-refractivity contribution < 1.29 is 18.9 Å². The highest BCUT2D eigenvalue weighted by molar-refractivity contribution is 4.85. The summed E-state index contributed by atoms with van der Waals surface area (Å²) in [5, 5.41) is 0. The molecule has 5 unspecified atom stereocenters. The third-order valence-electron chi connectivity index (χ3n) is 6.20. The van der Waals surface area contributed by atoms with E-state index in [-0.39, 0.29) is 18.7 Å². The van der Waals surface area contributed by atoms with Crippen LogP contribution in [0, 0.1) is 29.6 Å². The number of rotatable bonds is 4. The van der Waals surface area contributed by atoms with Crippen LogP contribution in [0.5, 0.6) is 0 Å². The highest BCUT2D eigenvalue weighted by Gasteiger charge is 2.42. The fourth-order valence-electron chi connectivity index (χ4n) is 3.81. The Morgan fingerprint density at radius 2 is 1.50 bits per heavy atom. The van der Waals surface area contributed by atoms with Crippen molar-refractivity contribution in [3.8, 4) is 0 Å². The van der Waals surface area contributed by atoms with E-state index >= 15 is 0 Å². The maximum atomic E-state index is 6.37. The van der Waals surface area contributed by atoms with E-state index in [0.717, 1.165) is 6.42 Å². The molecule has 130 valence electrons. The minimum Gasteiger partial charge on any atom is -0.356 e. The van der Waals surface area contributed by atoms with Crippen molar-refractivity contribution in [2.24, 2.45) is 29.6 Å². The molecule has 0 radical (unpaired) electrons. The van der Waals surface area contributed by atoms with Crippen molar-refractivity contribution in [1.82, 2.24) is 0 Å². The second kappa shape index (κ2) is 7.61. The molecule has 2 rings (SSSR count). The molecule has 2 aliphatic heterocycles. The molecule has 0 aromatic heterocycles. The quantitative estimate of drug-likeness (QED) is 0.793. The van der Waals surface area contributed by atoms with Crippen LogP contribution in [0.1, 0.15) is 48.0 Å². The van der Waals surface area contributed by atoms with Gasteiger partial charge in [-0.15, -0.1) is 0 Å². The van der Waals surface area contributed by atoms with Gasteiger partial charge in [-0.25, -0.2) is 0 Å². The van der Waals surface area contributed by atoms with Crippen LogP contribution in [-0.2, 0) is 18.9 Å². The predicted molar refractivity (Wildman–Crippen MR) is 86.4 cm³/mol. The summed E-state index contributed by atoms with van der Waals surface area (Å²) in [5.41, 5.74) is 0. The zero-order valence-corrected chi connectivity index (χ0v) is 15.2. The second-order valence-electron chi connectivity index (χ2n) is 7.36. The summed E-state index contributed by atoms with van der Waals surface area (Å²) in [7, 11) is 1.70.